The molecule has 2 aromatic carbocycles. The molecule has 0 spiro atoms. The van der Waals surface area contributed by atoms with E-state index in [9.17, 15) is 14.4 Å². The molecule has 0 unspecified atom stereocenters. The molecule has 0 saturated heterocycles. The molecule has 0 aliphatic heterocycles. The van der Waals surface area contributed by atoms with Crippen molar-refractivity contribution in [3.63, 3.8) is 0 Å². The summed E-state index contributed by atoms with van der Waals surface area (Å²) in [5.41, 5.74) is 6.08. The number of carbonyl (C=O) groups is 2. The number of nitrogens with two attached hydrogens (primary N) is 1. The Morgan fingerprint density at radius 3 is 2.38 bits per heavy atom. The van der Waals surface area contributed by atoms with Gasteiger partial charge in [0.05, 0.1) is 0 Å². The van der Waals surface area contributed by atoms with Crippen LogP contribution in [0.25, 0.3) is 5.69 Å². The third-order valence-corrected chi connectivity index (χ3v) is 4.56. The van der Waals surface area contributed by atoms with Crippen molar-refractivity contribution in [2.75, 3.05) is 5.32 Å². The Kier molecular flexibility index (Phi) is 5.76. The summed E-state index contributed by atoms with van der Waals surface area (Å²) in [6, 6.07) is 21.8. The highest BCUT2D eigenvalue weighted by Gasteiger charge is 2.13. The maximum Gasteiger partial charge on any atom is 0.267 e. The first-order chi connectivity index (χ1) is 15.5. The van der Waals surface area contributed by atoms with Crippen molar-refractivity contribution in [2.45, 2.75) is 0 Å². The van der Waals surface area contributed by atoms with Crippen molar-refractivity contribution in [1.82, 2.24) is 9.55 Å². The predicted molar refractivity (Wildman–Crippen MR) is 119 cm³/mol. The molecule has 8 nitrogen and oxygen atoms in total. The molecule has 0 saturated carbocycles. The van der Waals surface area contributed by atoms with E-state index in [1.54, 1.807) is 54.7 Å². The van der Waals surface area contributed by atoms with Gasteiger partial charge in [0.15, 0.2) is 0 Å². The molecule has 0 aliphatic carbocycles. The molecule has 158 valence electrons. The molecule has 2 heterocycles. The number of carbonyl (C=O) groups excluding carboxylic acids is 2. The molecule has 0 aliphatic rings. The van der Waals surface area contributed by atoms with E-state index in [1.807, 2.05) is 18.2 Å². The fourth-order valence-corrected chi connectivity index (χ4v) is 3.01. The monoisotopic (exact) mass is 426 g/mol. The van der Waals surface area contributed by atoms with Crippen LogP contribution in [0.4, 0.5) is 5.69 Å². The number of rotatable bonds is 6. The molecule has 4 aromatic rings. The van der Waals surface area contributed by atoms with Crippen LogP contribution in [0, 0.1) is 0 Å². The van der Waals surface area contributed by atoms with Gasteiger partial charge in [-0.05, 0) is 54.6 Å². The van der Waals surface area contributed by atoms with E-state index in [1.165, 1.54) is 22.9 Å². The predicted octanol–water partition coefficient (Wildman–Crippen LogP) is 3.38. The van der Waals surface area contributed by atoms with E-state index in [0.717, 1.165) is 0 Å². The molecule has 0 atom stereocenters. The van der Waals surface area contributed by atoms with Gasteiger partial charge in [-0.1, -0.05) is 18.2 Å². The molecule has 0 bridgehead atoms. The normalized spacial score (nSPS) is 10.4. The lowest BCUT2D eigenvalue weighted by atomic mass is 10.2. The van der Waals surface area contributed by atoms with Crippen molar-refractivity contribution in [3.05, 3.63) is 113 Å². The van der Waals surface area contributed by atoms with Gasteiger partial charge >= 0.3 is 0 Å². The molecule has 32 heavy (non-hydrogen) atoms. The third-order valence-electron chi connectivity index (χ3n) is 4.56. The Bertz CT molecular complexity index is 1330. The van der Waals surface area contributed by atoms with Crippen LogP contribution in [0.3, 0.4) is 0 Å². The van der Waals surface area contributed by atoms with E-state index in [-0.39, 0.29) is 11.3 Å². The van der Waals surface area contributed by atoms with Gasteiger partial charge in [-0.15, -0.1) is 0 Å². The van der Waals surface area contributed by atoms with Gasteiger partial charge in [-0.2, -0.15) is 0 Å². The van der Waals surface area contributed by atoms with Crippen LogP contribution < -0.4 is 21.3 Å². The lowest BCUT2D eigenvalue weighted by Crippen LogP contribution is -2.27. The third kappa shape index (κ3) is 4.54. The van der Waals surface area contributed by atoms with Gasteiger partial charge in [0, 0.05) is 29.8 Å². The smallest absolute Gasteiger partial charge is 0.267 e. The van der Waals surface area contributed by atoms with Crippen LogP contribution >= 0.6 is 0 Å². The van der Waals surface area contributed by atoms with Crippen molar-refractivity contribution in [1.29, 1.82) is 0 Å². The number of hydrogen-bond acceptors (Lipinski definition) is 5. The number of anilines is 1. The lowest BCUT2D eigenvalue weighted by molar-refractivity contribution is 0.0993. The Balaban J connectivity index is 1.48. The van der Waals surface area contributed by atoms with Crippen molar-refractivity contribution in [2.24, 2.45) is 5.73 Å². The quantitative estimate of drug-likeness (QED) is 0.490. The van der Waals surface area contributed by atoms with Gasteiger partial charge in [-0.3, -0.25) is 23.9 Å². The minimum atomic E-state index is -0.652. The van der Waals surface area contributed by atoms with Gasteiger partial charge in [0.1, 0.15) is 22.8 Å². The highest BCUT2D eigenvalue weighted by molar-refractivity contribution is 6.04. The molecular weight excluding hydrogens is 408 g/mol. The van der Waals surface area contributed by atoms with Gasteiger partial charge in [-0.25, -0.2) is 0 Å². The van der Waals surface area contributed by atoms with Crippen molar-refractivity contribution < 1.29 is 14.3 Å². The number of ether oxygens (including phenoxy) is 1. The zero-order valence-electron chi connectivity index (χ0n) is 16.8. The first-order valence-corrected chi connectivity index (χ1v) is 9.63. The molecule has 2 amide bonds. The minimum Gasteiger partial charge on any atom is -0.457 e. The van der Waals surface area contributed by atoms with Crippen LogP contribution in [-0.2, 0) is 0 Å². The van der Waals surface area contributed by atoms with Gasteiger partial charge in [0.25, 0.3) is 17.4 Å². The van der Waals surface area contributed by atoms with Gasteiger partial charge in [0.2, 0.25) is 0 Å². The zero-order chi connectivity index (χ0) is 22.5. The fourth-order valence-electron chi connectivity index (χ4n) is 3.01. The van der Waals surface area contributed by atoms with E-state index >= 15 is 0 Å². The lowest BCUT2D eigenvalue weighted by Gasteiger charge is -2.10. The molecule has 4 rings (SSSR count). The Labute approximate surface area is 182 Å². The number of aromatic nitrogens is 2. The summed E-state index contributed by atoms with van der Waals surface area (Å²) in [4.78, 5) is 40.6. The van der Waals surface area contributed by atoms with E-state index < -0.39 is 17.4 Å². The summed E-state index contributed by atoms with van der Waals surface area (Å²) in [6.07, 6.45) is 3.04. The van der Waals surface area contributed by atoms with Gasteiger partial charge < -0.3 is 15.8 Å². The van der Waals surface area contributed by atoms with Crippen LogP contribution in [0.1, 0.15) is 20.8 Å². The summed E-state index contributed by atoms with van der Waals surface area (Å²) >= 11 is 0. The number of nitrogens with zero attached hydrogens (tertiary/aromatic N) is 2. The second-order valence-electron chi connectivity index (χ2n) is 6.75. The van der Waals surface area contributed by atoms with E-state index in [4.69, 9.17) is 10.5 Å². The Morgan fingerprint density at radius 2 is 1.66 bits per heavy atom. The SMILES string of the molecule is NC(=O)c1cc(Oc2ccc(NC(=O)c3cccn(-c4ccccc4)c3=O)cc2)ccn1. The summed E-state index contributed by atoms with van der Waals surface area (Å²) < 4.78 is 7.10. The summed E-state index contributed by atoms with van der Waals surface area (Å²) in [7, 11) is 0. The molecule has 0 fully saturated rings. The molecule has 0 radical (unpaired) electrons. The molecule has 2 aromatic heterocycles. The Morgan fingerprint density at radius 1 is 0.906 bits per heavy atom. The minimum absolute atomic E-state index is 0.0208. The second kappa shape index (κ2) is 8.97. The zero-order valence-corrected chi connectivity index (χ0v) is 16.8. The average Bonchev–Trinajstić information content (AvgIpc) is 2.81. The number of hydrogen-bond donors (Lipinski definition) is 2. The number of para-hydroxylation sites is 1. The van der Waals surface area contributed by atoms with Crippen molar-refractivity contribution in [3.8, 4) is 17.2 Å². The van der Waals surface area contributed by atoms with Crippen molar-refractivity contribution >= 4 is 17.5 Å². The molecular formula is C24H18N4O4. The number of amides is 2. The first kappa shape index (κ1) is 20.5. The maximum absolute atomic E-state index is 12.8. The largest absolute Gasteiger partial charge is 0.457 e. The average molecular weight is 426 g/mol. The first-order valence-electron chi connectivity index (χ1n) is 9.63. The second-order valence-corrected chi connectivity index (χ2v) is 6.75. The number of pyridine rings is 2. The molecule has 3 N–H and O–H groups in total. The number of primary amides is 1. The van der Waals surface area contributed by atoms with E-state index in [2.05, 4.69) is 10.3 Å². The van der Waals surface area contributed by atoms with Crippen LogP contribution in [0.15, 0.2) is 96.1 Å². The summed E-state index contributed by atoms with van der Waals surface area (Å²) in [5, 5.41) is 2.71. The highest BCUT2D eigenvalue weighted by atomic mass is 16.5. The van der Waals surface area contributed by atoms with Crippen LogP contribution in [0.5, 0.6) is 11.5 Å². The highest BCUT2D eigenvalue weighted by Crippen LogP contribution is 2.23. The number of nitrogens with one attached hydrogen (secondary N) is 1. The summed E-state index contributed by atoms with van der Waals surface area (Å²) in [5.74, 6) is -0.290. The standard InChI is InChI=1S/C24H18N4O4/c25-22(29)21-15-19(12-13-26-21)32-18-10-8-16(9-11-18)27-23(30)20-7-4-14-28(24(20)31)17-5-2-1-3-6-17/h1-15H,(H2,25,29)(H,27,30). The van der Waals surface area contributed by atoms with E-state index in [0.29, 0.717) is 22.9 Å². The van der Waals surface area contributed by atoms with Crippen LogP contribution in [0.2, 0.25) is 0 Å². The fraction of sp³-hybridized carbons (Fsp3) is 0. The topological polar surface area (TPSA) is 116 Å². The Hall–Kier alpha value is -4.72. The summed E-state index contributed by atoms with van der Waals surface area (Å²) in [6.45, 7) is 0. The maximum atomic E-state index is 12.8. The number of benzene rings is 2. The van der Waals surface area contributed by atoms with Crippen LogP contribution in [-0.4, -0.2) is 21.4 Å². The molecule has 8 heteroatoms.